The van der Waals surface area contributed by atoms with Crippen molar-refractivity contribution in [2.75, 3.05) is 13.7 Å². The van der Waals surface area contributed by atoms with Crippen molar-refractivity contribution in [1.82, 2.24) is 5.32 Å². The highest BCUT2D eigenvalue weighted by Crippen LogP contribution is 2.46. The van der Waals surface area contributed by atoms with E-state index in [-0.39, 0.29) is 40.5 Å². The fourth-order valence-corrected chi connectivity index (χ4v) is 5.87. The maximum atomic E-state index is 14.1. The third-order valence-electron chi connectivity index (χ3n) is 8.42. The van der Waals surface area contributed by atoms with Crippen LogP contribution in [0.25, 0.3) is 0 Å². The summed E-state index contributed by atoms with van der Waals surface area (Å²) < 4.78 is 59.2. The SMILES string of the molecule is COC(=O)C1=C(C)NC(C)=C(C(=O)OCCC2(C)CCc3c(C)c(O)c(C)c(C)c3O2)C1c1ccccc1C(F)(F)F. The minimum Gasteiger partial charge on any atom is -0.507 e. The van der Waals surface area contributed by atoms with Crippen molar-refractivity contribution in [3.63, 3.8) is 0 Å². The predicted molar refractivity (Wildman–Crippen MR) is 150 cm³/mol. The molecule has 0 saturated carbocycles. The fraction of sp³-hybridized carbons (Fsp3) is 0.438. The molecule has 0 amide bonds. The van der Waals surface area contributed by atoms with E-state index in [0.717, 1.165) is 35.4 Å². The molecule has 2 aliphatic heterocycles. The number of fused-ring (bicyclic) bond motifs is 1. The number of aromatic hydroxyl groups is 1. The Balaban J connectivity index is 1.62. The number of dihydropyridines is 1. The molecule has 4 rings (SSSR count). The first kappa shape index (κ1) is 31.0. The molecular weight excluding hydrogens is 551 g/mol. The summed E-state index contributed by atoms with van der Waals surface area (Å²) in [5, 5.41) is 13.4. The number of carbonyl (C=O) groups excluding carboxylic acids is 2. The number of methoxy groups -OCH3 is 1. The van der Waals surface area contributed by atoms with Gasteiger partial charge in [-0.1, -0.05) is 18.2 Å². The Labute approximate surface area is 243 Å². The fourth-order valence-electron chi connectivity index (χ4n) is 5.87. The second-order valence-electron chi connectivity index (χ2n) is 11.2. The van der Waals surface area contributed by atoms with Gasteiger partial charge in [-0.2, -0.15) is 13.2 Å². The number of phenols is 1. The van der Waals surface area contributed by atoms with Crippen LogP contribution in [-0.4, -0.2) is 36.4 Å². The Morgan fingerprint density at radius 3 is 2.26 bits per heavy atom. The van der Waals surface area contributed by atoms with Crippen molar-refractivity contribution in [2.24, 2.45) is 0 Å². The third kappa shape index (κ3) is 5.58. The third-order valence-corrected chi connectivity index (χ3v) is 8.42. The van der Waals surface area contributed by atoms with Gasteiger partial charge in [-0.3, -0.25) is 0 Å². The number of phenolic OH excluding ortho intramolecular Hbond substituents is 1. The van der Waals surface area contributed by atoms with E-state index in [0.29, 0.717) is 25.0 Å². The summed E-state index contributed by atoms with van der Waals surface area (Å²) in [6.45, 7) is 10.5. The van der Waals surface area contributed by atoms with Gasteiger partial charge in [-0.15, -0.1) is 0 Å². The molecule has 7 nitrogen and oxygen atoms in total. The van der Waals surface area contributed by atoms with E-state index >= 15 is 0 Å². The topological polar surface area (TPSA) is 94.1 Å². The lowest BCUT2D eigenvalue weighted by molar-refractivity contribution is -0.142. The highest BCUT2D eigenvalue weighted by molar-refractivity contribution is 6.00. The summed E-state index contributed by atoms with van der Waals surface area (Å²) in [5.74, 6) is -2.09. The van der Waals surface area contributed by atoms with Crippen molar-refractivity contribution in [3.05, 3.63) is 80.2 Å². The van der Waals surface area contributed by atoms with Crippen LogP contribution in [0.15, 0.2) is 46.8 Å². The molecule has 10 heteroatoms. The zero-order chi connectivity index (χ0) is 31.1. The van der Waals surface area contributed by atoms with Gasteiger partial charge in [0.2, 0.25) is 0 Å². The van der Waals surface area contributed by atoms with E-state index < -0.39 is 35.2 Å². The number of nitrogens with one attached hydrogen (secondary N) is 1. The number of hydrogen-bond acceptors (Lipinski definition) is 7. The number of ether oxygens (including phenoxy) is 3. The molecule has 226 valence electrons. The van der Waals surface area contributed by atoms with Crippen LogP contribution in [0.2, 0.25) is 0 Å². The molecule has 42 heavy (non-hydrogen) atoms. The standard InChI is InChI=1S/C32H36F3NO6/c1-16-17(2)28-21(18(3)27(16)37)12-13-31(6,42-28)14-15-41-30(39)25-20(5)36-19(4)24(29(38)40-7)26(25)22-10-8-9-11-23(22)32(33,34)35/h8-11,26,36-37H,12-15H2,1-7H3. The van der Waals surface area contributed by atoms with Gasteiger partial charge in [0.25, 0.3) is 0 Å². The average Bonchev–Trinajstić information content (AvgIpc) is 2.93. The maximum absolute atomic E-state index is 14.1. The van der Waals surface area contributed by atoms with E-state index in [1.807, 2.05) is 27.7 Å². The first-order chi connectivity index (χ1) is 19.6. The van der Waals surface area contributed by atoms with E-state index in [2.05, 4.69) is 5.32 Å². The van der Waals surface area contributed by atoms with E-state index in [1.165, 1.54) is 18.2 Å². The van der Waals surface area contributed by atoms with Crippen molar-refractivity contribution in [3.8, 4) is 11.5 Å². The lowest BCUT2D eigenvalue weighted by Gasteiger charge is -2.38. The number of carbonyl (C=O) groups is 2. The van der Waals surface area contributed by atoms with Crippen LogP contribution in [0.5, 0.6) is 11.5 Å². The minimum atomic E-state index is -4.73. The molecule has 0 radical (unpaired) electrons. The number of allylic oxidation sites excluding steroid dienone is 2. The first-order valence-electron chi connectivity index (χ1n) is 13.7. The molecule has 0 aliphatic carbocycles. The lowest BCUT2D eigenvalue weighted by atomic mass is 9.78. The summed E-state index contributed by atoms with van der Waals surface area (Å²) in [6.07, 6.45) is -3.13. The van der Waals surface area contributed by atoms with Crippen LogP contribution in [-0.2, 0) is 31.7 Å². The molecule has 2 unspecified atom stereocenters. The van der Waals surface area contributed by atoms with Gasteiger partial charge in [0.15, 0.2) is 0 Å². The number of esters is 2. The van der Waals surface area contributed by atoms with Crippen molar-refractivity contribution in [2.45, 2.75) is 78.5 Å². The number of rotatable bonds is 6. The van der Waals surface area contributed by atoms with Crippen LogP contribution in [0.1, 0.15) is 72.9 Å². The lowest BCUT2D eigenvalue weighted by Crippen LogP contribution is -2.39. The van der Waals surface area contributed by atoms with Gasteiger partial charge in [0.05, 0.1) is 36.3 Å². The Bertz CT molecular complexity index is 1510. The molecular formula is C32H36F3NO6. The molecule has 2 aliphatic rings. The van der Waals surface area contributed by atoms with Gasteiger partial charge in [0.1, 0.15) is 17.1 Å². The summed E-state index contributed by atoms with van der Waals surface area (Å²) in [4.78, 5) is 26.4. The highest BCUT2D eigenvalue weighted by Gasteiger charge is 2.43. The number of benzene rings is 2. The average molecular weight is 588 g/mol. The van der Waals surface area contributed by atoms with Gasteiger partial charge in [-0.25, -0.2) is 9.59 Å². The molecule has 2 heterocycles. The van der Waals surface area contributed by atoms with Crippen LogP contribution < -0.4 is 10.1 Å². The number of halogens is 3. The van der Waals surface area contributed by atoms with Crippen LogP contribution in [0.3, 0.4) is 0 Å². The van der Waals surface area contributed by atoms with E-state index in [4.69, 9.17) is 14.2 Å². The van der Waals surface area contributed by atoms with E-state index in [1.54, 1.807) is 13.8 Å². The minimum absolute atomic E-state index is 0.0690. The Morgan fingerprint density at radius 2 is 1.64 bits per heavy atom. The summed E-state index contributed by atoms with van der Waals surface area (Å²) in [6, 6.07) is 4.86. The highest BCUT2D eigenvalue weighted by atomic mass is 19.4. The molecule has 0 fully saturated rings. The maximum Gasteiger partial charge on any atom is 0.416 e. The Hall–Kier alpha value is -3.95. The largest absolute Gasteiger partial charge is 0.507 e. The molecule has 2 aromatic carbocycles. The molecule has 0 aromatic heterocycles. The molecule has 2 N–H and O–H groups in total. The van der Waals surface area contributed by atoms with Crippen molar-refractivity contribution < 1.29 is 42.1 Å². The van der Waals surface area contributed by atoms with Crippen LogP contribution >= 0.6 is 0 Å². The zero-order valence-electron chi connectivity index (χ0n) is 24.8. The first-order valence-corrected chi connectivity index (χ1v) is 13.7. The second-order valence-corrected chi connectivity index (χ2v) is 11.2. The molecule has 0 spiro atoms. The molecule has 0 bridgehead atoms. The smallest absolute Gasteiger partial charge is 0.416 e. The Kier molecular flexibility index (Phi) is 8.40. The monoisotopic (exact) mass is 587 g/mol. The van der Waals surface area contributed by atoms with Gasteiger partial charge < -0.3 is 24.6 Å². The zero-order valence-corrected chi connectivity index (χ0v) is 24.8. The van der Waals surface area contributed by atoms with Crippen LogP contribution in [0, 0.1) is 20.8 Å². The molecule has 2 atom stereocenters. The van der Waals surface area contributed by atoms with E-state index in [9.17, 15) is 27.9 Å². The second kappa shape index (κ2) is 11.4. The van der Waals surface area contributed by atoms with Gasteiger partial charge >= 0.3 is 18.1 Å². The normalized spacial score (nSPS) is 20.5. The number of alkyl halides is 3. The summed E-state index contributed by atoms with van der Waals surface area (Å²) >= 11 is 0. The molecule has 2 aromatic rings. The quantitative estimate of drug-likeness (QED) is 0.375. The van der Waals surface area contributed by atoms with Gasteiger partial charge in [0, 0.05) is 23.4 Å². The molecule has 0 saturated heterocycles. The van der Waals surface area contributed by atoms with Crippen molar-refractivity contribution in [1.29, 1.82) is 0 Å². The van der Waals surface area contributed by atoms with Gasteiger partial charge in [-0.05, 0) is 82.7 Å². The van der Waals surface area contributed by atoms with Crippen LogP contribution in [0.4, 0.5) is 13.2 Å². The predicted octanol–water partition coefficient (Wildman–Crippen LogP) is 6.46. The summed E-state index contributed by atoms with van der Waals surface area (Å²) in [7, 11) is 1.13. The summed E-state index contributed by atoms with van der Waals surface area (Å²) in [5.41, 5.74) is 1.78. The number of hydrogen-bond donors (Lipinski definition) is 2. The van der Waals surface area contributed by atoms with Crippen molar-refractivity contribution >= 4 is 11.9 Å². The Morgan fingerprint density at radius 1 is 1.02 bits per heavy atom.